The van der Waals surface area contributed by atoms with E-state index in [0.29, 0.717) is 31.1 Å². The Balaban J connectivity index is 1.03. The Kier molecular flexibility index (Phi) is 13.4. The SMILES string of the molecule is C[C@H]1[C@H](C)CC[C@]2(C(=O)O[C@@H]3O[C@H](CO)[C@@H](O)[C@H](O)[C@H]3O)CC[C@]3(C)C(=CC[C@@H]4[C@@]5(C)CC[C@H](O[C@@H]6OC[C@H](O)[C@H](O)[C@H]6O[C@@H]6O[C@H](CO)[C@H](O)[C@H](O)[C@H]6O)C(C)(C)[C@@H]5CC[C@]43C)[C@H]12. The van der Waals surface area contributed by atoms with E-state index < -0.39 is 116 Å². The number of carbonyl (C=O) groups is 1. The van der Waals surface area contributed by atoms with E-state index in [9.17, 15) is 55.9 Å². The molecule has 24 atom stereocenters. The van der Waals surface area contributed by atoms with Gasteiger partial charge >= 0.3 is 5.97 Å². The van der Waals surface area contributed by atoms with Crippen LogP contribution in [-0.4, -0.2) is 169 Å². The molecule has 64 heavy (non-hydrogen) atoms. The molecule has 10 N–H and O–H groups in total. The first-order valence-corrected chi connectivity index (χ1v) is 23.8. The van der Waals surface area contributed by atoms with Crippen LogP contribution in [0.25, 0.3) is 0 Å². The van der Waals surface area contributed by atoms with E-state index in [1.165, 1.54) is 5.57 Å². The van der Waals surface area contributed by atoms with Gasteiger partial charge in [0.15, 0.2) is 12.6 Å². The number of ether oxygens (including phenoxy) is 6. The fourth-order valence-electron chi connectivity index (χ4n) is 15.0. The van der Waals surface area contributed by atoms with Crippen LogP contribution < -0.4 is 0 Å². The summed E-state index contributed by atoms with van der Waals surface area (Å²) in [5, 5.41) is 105. The lowest BCUT2D eigenvalue weighted by atomic mass is 9.33. The van der Waals surface area contributed by atoms with E-state index >= 15 is 0 Å². The Labute approximate surface area is 376 Å². The topological polar surface area (TPSA) is 275 Å². The molecule has 8 rings (SSSR count). The van der Waals surface area contributed by atoms with Gasteiger partial charge in [-0.2, -0.15) is 0 Å². The number of esters is 1. The van der Waals surface area contributed by atoms with Gasteiger partial charge in [0.05, 0.1) is 31.3 Å². The number of rotatable bonds is 8. The fourth-order valence-corrected chi connectivity index (χ4v) is 15.0. The van der Waals surface area contributed by atoms with Gasteiger partial charge in [-0.15, -0.1) is 0 Å². The minimum atomic E-state index is -1.73. The second-order valence-electron chi connectivity index (χ2n) is 22.4. The van der Waals surface area contributed by atoms with Crippen LogP contribution in [0.15, 0.2) is 11.6 Å². The van der Waals surface area contributed by atoms with Crippen LogP contribution in [-0.2, 0) is 33.2 Å². The Bertz CT molecular complexity index is 1730. The predicted molar refractivity (Wildman–Crippen MR) is 224 cm³/mol. The lowest BCUT2D eigenvalue weighted by Gasteiger charge is -2.71. The molecule has 4 saturated carbocycles. The highest BCUT2D eigenvalue weighted by atomic mass is 16.8. The van der Waals surface area contributed by atoms with Crippen LogP contribution in [0.2, 0.25) is 0 Å². The van der Waals surface area contributed by atoms with Crippen LogP contribution in [0, 0.1) is 56.7 Å². The third kappa shape index (κ3) is 7.40. The first-order chi connectivity index (χ1) is 30.0. The van der Waals surface area contributed by atoms with Gasteiger partial charge in [0.2, 0.25) is 6.29 Å². The Morgan fingerprint density at radius 1 is 0.688 bits per heavy atom. The summed E-state index contributed by atoms with van der Waals surface area (Å²) >= 11 is 0. The zero-order valence-electron chi connectivity index (χ0n) is 38.4. The van der Waals surface area contributed by atoms with E-state index in [0.717, 1.165) is 38.5 Å². The third-order valence-corrected chi connectivity index (χ3v) is 19.3. The molecule has 17 nitrogen and oxygen atoms in total. The summed E-state index contributed by atoms with van der Waals surface area (Å²) in [6, 6.07) is 0. The Morgan fingerprint density at radius 3 is 1.95 bits per heavy atom. The largest absolute Gasteiger partial charge is 0.432 e. The molecule has 0 bridgehead atoms. The molecular weight excluding hydrogens is 836 g/mol. The molecule has 0 aromatic rings. The lowest BCUT2D eigenvalue weighted by molar-refractivity contribution is -0.367. The van der Waals surface area contributed by atoms with Gasteiger partial charge in [0.1, 0.15) is 67.1 Å². The third-order valence-electron chi connectivity index (χ3n) is 19.3. The molecule has 3 saturated heterocycles. The van der Waals surface area contributed by atoms with Crippen molar-refractivity contribution in [2.75, 3.05) is 19.8 Å². The molecule has 366 valence electrons. The maximum atomic E-state index is 14.7. The quantitative estimate of drug-likeness (QED) is 0.0909. The van der Waals surface area contributed by atoms with Crippen molar-refractivity contribution in [3.63, 3.8) is 0 Å². The average molecular weight is 913 g/mol. The monoisotopic (exact) mass is 913 g/mol. The van der Waals surface area contributed by atoms with Crippen molar-refractivity contribution in [2.45, 2.75) is 198 Å². The van der Waals surface area contributed by atoms with Gasteiger partial charge in [0, 0.05) is 0 Å². The van der Waals surface area contributed by atoms with E-state index in [1.807, 2.05) is 0 Å². The molecule has 0 radical (unpaired) electrons. The lowest BCUT2D eigenvalue weighted by Crippen LogP contribution is -2.66. The first-order valence-electron chi connectivity index (χ1n) is 23.8. The number of hydrogen-bond acceptors (Lipinski definition) is 17. The number of hydrogen-bond donors (Lipinski definition) is 10. The molecule has 0 aromatic carbocycles. The smallest absolute Gasteiger partial charge is 0.315 e. The number of allylic oxidation sites excluding steroid dienone is 2. The van der Waals surface area contributed by atoms with Crippen molar-refractivity contribution in [3.8, 4) is 0 Å². The number of aliphatic hydroxyl groups is 10. The summed E-state index contributed by atoms with van der Waals surface area (Å²) in [4.78, 5) is 14.7. The van der Waals surface area contributed by atoms with Crippen molar-refractivity contribution >= 4 is 5.97 Å². The van der Waals surface area contributed by atoms with Gasteiger partial charge in [-0.05, 0) is 109 Å². The maximum Gasteiger partial charge on any atom is 0.315 e. The van der Waals surface area contributed by atoms with E-state index in [1.54, 1.807) is 0 Å². The summed E-state index contributed by atoms with van der Waals surface area (Å²) < 4.78 is 36.1. The van der Waals surface area contributed by atoms with E-state index in [2.05, 4.69) is 54.5 Å². The number of carbonyl (C=O) groups excluding carboxylic acids is 1. The van der Waals surface area contributed by atoms with Crippen LogP contribution in [0.1, 0.15) is 106 Å². The summed E-state index contributed by atoms with van der Waals surface area (Å²) in [6.07, 6.45) is -11.8. The van der Waals surface area contributed by atoms with Crippen molar-refractivity contribution in [2.24, 2.45) is 56.7 Å². The van der Waals surface area contributed by atoms with Gasteiger partial charge in [-0.1, -0.05) is 60.1 Å². The molecule has 0 unspecified atom stereocenters. The first kappa shape index (κ1) is 49.0. The Morgan fingerprint density at radius 2 is 1.31 bits per heavy atom. The molecule has 3 heterocycles. The number of fused-ring (bicyclic) bond motifs is 7. The zero-order valence-corrected chi connectivity index (χ0v) is 38.4. The normalized spacial score (nSPS) is 54.9. The standard InChI is InChI=1S/C47H76O17/c1-21-10-15-47(42(58)64-40-37(57)35(55)33(53)26(19-49)61-40)17-16-45(6)23(30(47)22(21)2)8-9-28-44(5)13-12-29(43(3,4)27(44)11-14-46(28,45)7)62-41-38(31(51)24(50)20-59-41)63-39-36(56)34(54)32(52)25(18-48)60-39/h8,21-22,24-41,48-57H,9-20H2,1-7H3/t21-,22+,24+,25-,26-,27+,28-,29+,30+,31+,32+,33-,34+,35+,36-,37-,38-,39+,40+,41+,44+,45-,46-,47+/m1/s1. The minimum absolute atomic E-state index is 0.112. The second kappa shape index (κ2) is 17.5. The van der Waals surface area contributed by atoms with Gasteiger partial charge in [0.25, 0.3) is 0 Å². The predicted octanol–water partition coefficient (Wildman–Crippen LogP) is 0.636. The summed E-state index contributed by atoms with van der Waals surface area (Å²) in [7, 11) is 0. The van der Waals surface area contributed by atoms with Crippen LogP contribution in [0.4, 0.5) is 0 Å². The average Bonchev–Trinajstić information content (AvgIpc) is 3.25. The second-order valence-corrected chi connectivity index (χ2v) is 22.4. The Hall–Kier alpha value is -1.39. The van der Waals surface area contributed by atoms with Crippen molar-refractivity contribution < 1.29 is 84.3 Å². The molecule has 0 spiro atoms. The molecule has 5 aliphatic carbocycles. The highest BCUT2D eigenvalue weighted by Crippen LogP contribution is 2.76. The summed E-state index contributed by atoms with van der Waals surface area (Å²) in [6.45, 7) is 14.7. The molecule has 8 aliphatic rings. The molecular formula is C47H76O17. The molecule has 0 aromatic heterocycles. The van der Waals surface area contributed by atoms with Crippen LogP contribution in [0.5, 0.6) is 0 Å². The fraction of sp³-hybridized carbons (Fsp3) is 0.936. The van der Waals surface area contributed by atoms with Crippen molar-refractivity contribution in [3.05, 3.63) is 11.6 Å². The highest BCUT2D eigenvalue weighted by Gasteiger charge is 2.70. The molecule has 7 fully saturated rings. The number of aliphatic hydroxyl groups excluding tert-OH is 10. The molecule has 0 amide bonds. The summed E-state index contributed by atoms with van der Waals surface area (Å²) in [5.74, 6) is 0.397. The minimum Gasteiger partial charge on any atom is -0.432 e. The van der Waals surface area contributed by atoms with Crippen molar-refractivity contribution in [1.82, 2.24) is 0 Å². The van der Waals surface area contributed by atoms with Gasteiger partial charge in [-0.3, -0.25) is 4.79 Å². The molecule has 17 heteroatoms. The van der Waals surface area contributed by atoms with E-state index in [-0.39, 0.29) is 46.7 Å². The molecule has 3 aliphatic heterocycles. The van der Waals surface area contributed by atoms with Gasteiger partial charge in [-0.25, -0.2) is 0 Å². The maximum absolute atomic E-state index is 14.7. The van der Waals surface area contributed by atoms with Crippen LogP contribution >= 0.6 is 0 Å². The van der Waals surface area contributed by atoms with Crippen LogP contribution in [0.3, 0.4) is 0 Å². The van der Waals surface area contributed by atoms with Crippen molar-refractivity contribution in [1.29, 1.82) is 0 Å². The highest BCUT2D eigenvalue weighted by molar-refractivity contribution is 5.79. The zero-order chi connectivity index (χ0) is 46.6. The van der Waals surface area contributed by atoms with Gasteiger partial charge < -0.3 is 79.5 Å². The van der Waals surface area contributed by atoms with E-state index in [4.69, 9.17) is 28.4 Å². The summed E-state index contributed by atoms with van der Waals surface area (Å²) in [5.41, 5.74) is -0.462.